The van der Waals surface area contributed by atoms with Gasteiger partial charge in [0.15, 0.2) is 0 Å². The molecule has 0 aromatic rings. The minimum Gasteiger partial charge on any atom is -0.394 e. The van der Waals surface area contributed by atoms with E-state index in [0.717, 1.165) is 45.1 Å². The van der Waals surface area contributed by atoms with Crippen molar-refractivity contribution in [1.29, 1.82) is 0 Å². The number of hydrogen-bond donors (Lipinski definition) is 4. The van der Waals surface area contributed by atoms with Crippen molar-refractivity contribution in [2.45, 2.75) is 83.0 Å². The number of aliphatic hydroxyl groups is 3. The molecule has 30 heavy (non-hydrogen) atoms. The van der Waals surface area contributed by atoms with Gasteiger partial charge in [-0.15, -0.1) is 0 Å². The Balaban J connectivity index is 1.68. The number of fused-ring (bicyclic) bond motifs is 2. The van der Waals surface area contributed by atoms with Crippen LogP contribution in [-0.2, 0) is 9.53 Å². The van der Waals surface area contributed by atoms with E-state index in [4.69, 9.17) is 9.84 Å². The molecule has 172 valence electrons. The van der Waals surface area contributed by atoms with Crippen LogP contribution in [0.2, 0.25) is 0 Å². The van der Waals surface area contributed by atoms with E-state index >= 15 is 0 Å². The second-order valence-electron chi connectivity index (χ2n) is 8.80. The summed E-state index contributed by atoms with van der Waals surface area (Å²) in [5.74, 6) is 1.44. The number of hydrogen-bond acceptors (Lipinski definition) is 5. The summed E-state index contributed by atoms with van der Waals surface area (Å²) < 4.78 is 5.92. The van der Waals surface area contributed by atoms with Crippen LogP contribution in [0.25, 0.3) is 0 Å². The van der Waals surface area contributed by atoms with E-state index in [1.54, 1.807) is 0 Å². The van der Waals surface area contributed by atoms with Crippen LogP contribution in [0.5, 0.6) is 0 Å². The summed E-state index contributed by atoms with van der Waals surface area (Å²) in [5, 5.41) is 30.8. The molecule has 6 heteroatoms. The molecule has 2 fully saturated rings. The van der Waals surface area contributed by atoms with Crippen molar-refractivity contribution >= 4 is 5.91 Å². The van der Waals surface area contributed by atoms with E-state index in [1.807, 2.05) is 6.08 Å². The standard InChI is InChI=1S/C24H41NO5/c1-2-3-6-9-19(27)12-13-21-18-14-23(30-17-18)22(21)10-7-4-5-8-11-24(29)25-15-20(28)16-26/h4,7,12-13,18-23,26-28H,2-3,5-6,8-11,14-17H2,1H3,(H,25,29)/b7-4-,13-12+/t18-,19-,20?,21-,22+,23-/m0/s1. The summed E-state index contributed by atoms with van der Waals surface area (Å²) in [4.78, 5) is 11.7. The summed E-state index contributed by atoms with van der Waals surface area (Å²) in [5.41, 5.74) is 0. The highest BCUT2D eigenvalue weighted by Gasteiger charge is 2.46. The number of carbonyl (C=O) groups is 1. The van der Waals surface area contributed by atoms with Crippen LogP contribution in [0.15, 0.2) is 24.3 Å². The van der Waals surface area contributed by atoms with Gasteiger partial charge in [-0.25, -0.2) is 0 Å². The highest BCUT2D eigenvalue weighted by Crippen LogP contribution is 2.47. The Hall–Kier alpha value is -1.21. The SMILES string of the molecule is CCCCC[C@H](O)/C=C/[C@H]1[C@@H]2CO[C@@H](C2)[C@@H]1C/C=C\CCCC(=O)NCC(O)CO. The molecule has 0 aromatic heterocycles. The Labute approximate surface area is 181 Å². The normalized spacial score (nSPS) is 27.9. The van der Waals surface area contributed by atoms with Gasteiger partial charge in [-0.05, 0) is 49.9 Å². The molecule has 1 saturated heterocycles. The molecule has 0 radical (unpaired) electrons. The Kier molecular flexibility index (Phi) is 11.7. The Morgan fingerprint density at radius 1 is 1.23 bits per heavy atom. The Morgan fingerprint density at radius 3 is 2.83 bits per heavy atom. The number of carbonyl (C=O) groups excluding carboxylic acids is 1. The van der Waals surface area contributed by atoms with Crippen molar-refractivity contribution in [1.82, 2.24) is 5.32 Å². The average Bonchev–Trinajstić information content (AvgIpc) is 3.35. The quantitative estimate of drug-likeness (QED) is 0.240. The zero-order chi connectivity index (χ0) is 21.8. The Morgan fingerprint density at radius 2 is 2.07 bits per heavy atom. The molecule has 2 bridgehead atoms. The zero-order valence-corrected chi connectivity index (χ0v) is 18.4. The van der Waals surface area contributed by atoms with Crippen LogP contribution in [0.4, 0.5) is 0 Å². The maximum Gasteiger partial charge on any atom is 0.220 e. The lowest BCUT2D eigenvalue weighted by atomic mass is 9.85. The summed E-state index contributed by atoms with van der Waals surface area (Å²) in [7, 11) is 0. The first-order chi connectivity index (χ1) is 14.5. The third kappa shape index (κ3) is 8.50. The molecule has 6 nitrogen and oxygen atoms in total. The van der Waals surface area contributed by atoms with Gasteiger partial charge in [0.05, 0.1) is 31.5 Å². The van der Waals surface area contributed by atoms with Crippen LogP contribution < -0.4 is 5.32 Å². The van der Waals surface area contributed by atoms with Crippen LogP contribution in [0.3, 0.4) is 0 Å². The molecule has 2 aliphatic rings. The molecule has 0 spiro atoms. The first-order valence-corrected chi connectivity index (χ1v) is 11.7. The molecule has 1 heterocycles. The van der Waals surface area contributed by atoms with E-state index < -0.39 is 6.10 Å². The highest BCUT2D eigenvalue weighted by atomic mass is 16.5. The zero-order valence-electron chi connectivity index (χ0n) is 18.4. The number of amides is 1. The van der Waals surface area contributed by atoms with Crippen molar-refractivity contribution < 1.29 is 24.9 Å². The first kappa shape index (κ1) is 25.1. The van der Waals surface area contributed by atoms with E-state index in [-0.39, 0.29) is 25.2 Å². The van der Waals surface area contributed by atoms with E-state index in [9.17, 15) is 15.0 Å². The second-order valence-corrected chi connectivity index (χ2v) is 8.80. The lowest BCUT2D eigenvalue weighted by Gasteiger charge is -2.28. The molecule has 1 aliphatic heterocycles. The largest absolute Gasteiger partial charge is 0.394 e. The maximum atomic E-state index is 11.7. The first-order valence-electron chi connectivity index (χ1n) is 11.7. The predicted octanol–water partition coefficient (Wildman–Crippen LogP) is 2.72. The van der Waals surface area contributed by atoms with Crippen molar-refractivity contribution in [2.24, 2.45) is 17.8 Å². The number of ether oxygens (including phenoxy) is 1. The average molecular weight is 424 g/mol. The highest BCUT2D eigenvalue weighted by molar-refractivity contribution is 5.75. The molecule has 0 aromatic carbocycles. The van der Waals surface area contributed by atoms with Gasteiger partial charge in [0.1, 0.15) is 0 Å². The van der Waals surface area contributed by atoms with Gasteiger partial charge in [-0.3, -0.25) is 4.79 Å². The minimum atomic E-state index is -0.891. The number of aliphatic hydroxyl groups excluding tert-OH is 3. The van der Waals surface area contributed by atoms with E-state index in [1.165, 1.54) is 12.8 Å². The summed E-state index contributed by atoms with van der Waals surface area (Å²) in [6.07, 6.45) is 16.1. The fourth-order valence-electron chi connectivity index (χ4n) is 4.55. The lowest BCUT2D eigenvalue weighted by Crippen LogP contribution is -2.33. The van der Waals surface area contributed by atoms with Gasteiger partial charge in [0, 0.05) is 13.0 Å². The van der Waals surface area contributed by atoms with Gasteiger partial charge < -0.3 is 25.4 Å². The van der Waals surface area contributed by atoms with Crippen molar-refractivity contribution in [3.63, 3.8) is 0 Å². The summed E-state index contributed by atoms with van der Waals surface area (Å²) in [6.45, 7) is 2.77. The molecule has 4 N–H and O–H groups in total. The molecule has 1 aliphatic carbocycles. The van der Waals surface area contributed by atoms with E-state index in [2.05, 4.69) is 30.5 Å². The fraction of sp³-hybridized carbons (Fsp3) is 0.792. The van der Waals surface area contributed by atoms with Crippen LogP contribution in [0, 0.1) is 17.8 Å². The topological polar surface area (TPSA) is 99.0 Å². The van der Waals surface area contributed by atoms with Crippen molar-refractivity contribution in [3.8, 4) is 0 Å². The van der Waals surface area contributed by atoms with Crippen molar-refractivity contribution in [3.05, 3.63) is 24.3 Å². The van der Waals surface area contributed by atoms with Gasteiger partial charge in [-0.1, -0.05) is 50.5 Å². The lowest BCUT2D eigenvalue weighted by molar-refractivity contribution is -0.121. The van der Waals surface area contributed by atoms with E-state index in [0.29, 0.717) is 30.3 Å². The Bertz CT molecular complexity index is 550. The third-order valence-corrected chi connectivity index (χ3v) is 6.33. The van der Waals surface area contributed by atoms with Crippen LogP contribution in [0.1, 0.15) is 64.7 Å². The second kappa shape index (κ2) is 14.0. The van der Waals surface area contributed by atoms with Gasteiger partial charge >= 0.3 is 0 Å². The predicted molar refractivity (Wildman–Crippen MR) is 118 cm³/mol. The molecule has 6 atom stereocenters. The fourth-order valence-corrected chi connectivity index (χ4v) is 4.55. The molecule has 1 amide bonds. The minimum absolute atomic E-state index is 0.0949. The van der Waals surface area contributed by atoms with Crippen LogP contribution >= 0.6 is 0 Å². The molecule has 1 saturated carbocycles. The molecule has 2 rings (SSSR count). The number of unbranched alkanes of at least 4 members (excludes halogenated alkanes) is 3. The van der Waals surface area contributed by atoms with Gasteiger partial charge in [0.25, 0.3) is 0 Å². The van der Waals surface area contributed by atoms with Gasteiger partial charge in [-0.2, -0.15) is 0 Å². The monoisotopic (exact) mass is 423 g/mol. The molecule has 1 unspecified atom stereocenters. The number of allylic oxidation sites excluding steroid dienone is 3. The summed E-state index contributed by atoms with van der Waals surface area (Å²) >= 11 is 0. The van der Waals surface area contributed by atoms with Gasteiger partial charge in [0.2, 0.25) is 5.91 Å². The third-order valence-electron chi connectivity index (χ3n) is 6.33. The van der Waals surface area contributed by atoms with Crippen LogP contribution in [-0.4, -0.2) is 59.3 Å². The molecular formula is C24H41NO5. The number of rotatable bonds is 15. The maximum absolute atomic E-state index is 11.7. The van der Waals surface area contributed by atoms with Crippen molar-refractivity contribution in [2.75, 3.05) is 19.8 Å². The summed E-state index contributed by atoms with van der Waals surface area (Å²) in [6, 6.07) is 0. The smallest absolute Gasteiger partial charge is 0.220 e. The number of nitrogens with one attached hydrogen (secondary N) is 1. The molecular weight excluding hydrogens is 382 g/mol.